The van der Waals surface area contributed by atoms with Crippen LogP contribution < -0.4 is 4.90 Å². The molecule has 0 aliphatic carbocycles. The Morgan fingerprint density at radius 1 is 1.50 bits per heavy atom. The molecule has 0 radical (unpaired) electrons. The summed E-state index contributed by atoms with van der Waals surface area (Å²) < 4.78 is 0.761. The average molecular weight is 279 g/mol. The molecule has 0 amide bonds. The fraction of sp³-hybridized carbons (Fsp3) is 0.462. The van der Waals surface area contributed by atoms with Gasteiger partial charge in [-0.1, -0.05) is 30.9 Å². The van der Waals surface area contributed by atoms with Crippen molar-refractivity contribution in [2.45, 2.75) is 26.0 Å². The van der Waals surface area contributed by atoms with Crippen molar-refractivity contribution in [1.82, 2.24) is 4.98 Å². The third-order valence-corrected chi connectivity index (χ3v) is 4.89. The monoisotopic (exact) mass is 279 g/mol. The number of nitrogens with zero attached hydrogens (tertiary/aromatic N) is 3. The van der Waals surface area contributed by atoms with Gasteiger partial charge in [-0.15, -0.1) is 0 Å². The third-order valence-electron chi connectivity index (χ3n) is 2.91. The molecule has 0 saturated heterocycles. The van der Waals surface area contributed by atoms with Crippen LogP contribution in [0, 0.1) is 16.7 Å². The van der Waals surface area contributed by atoms with Crippen LogP contribution in [0.25, 0.3) is 0 Å². The highest BCUT2D eigenvalue weighted by atomic mass is 32.2. The van der Waals surface area contributed by atoms with Crippen molar-refractivity contribution in [3.8, 4) is 6.07 Å². The predicted molar refractivity (Wildman–Crippen MR) is 81.7 cm³/mol. The normalized spacial score (nSPS) is 12.6. The fourth-order valence-corrected chi connectivity index (χ4v) is 2.59. The van der Waals surface area contributed by atoms with E-state index in [1.807, 2.05) is 44.9 Å². The fourth-order valence-electron chi connectivity index (χ4n) is 1.14. The van der Waals surface area contributed by atoms with Gasteiger partial charge in [-0.2, -0.15) is 5.26 Å². The Bertz CT molecular complexity index is 451. The molecule has 0 N–H and O–H groups in total. The van der Waals surface area contributed by atoms with Gasteiger partial charge in [-0.3, -0.25) is 4.98 Å². The predicted octanol–water partition coefficient (Wildman–Crippen LogP) is 3.47. The van der Waals surface area contributed by atoms with Crippen LogP contribution in [0.15, 0.2) is 24.5 Å². The van der Waals surface area contributed by atoms with Crippen LogP contribution in [0.1, 0.15) is 20.8 Å². The number of anilines is 1. The summed E-state index contributed by atoms with van der Waals surface area (Å²) in [5.74, 6) is 0. The minimum atomic E-state index is -0.395. The zero-order valence-corrected chi connectivity index (χ0v) is 12.7. The molecule has 0 aliphatic heterocycles. The van der Waals surface area contributed by atoms with Gasteiger partial charge >= 0.3 is 0 Å². The molecule has 0 spiro atoms. The smallest absolute Gasteiger partial charge is 0.140 e. The van der Waals surface area contributed by atoms with Crippen molar-refractivity contribution < 1.29 is 0 Å². The van der Waals surface area contributed by atoms with E-state index in [9.17, 15) is 0 Å². The number of hydrogen-bond acceptors (Lipinski definition) is 4. The van der Waals surface area contributed by atoms with E-state index < -0.39 is 5.41 Å². The van der Waals surface area contributed by atoms with Crippen LogP contribution in [0.4, 0.5) is 5.69 Å². The number of rotatable bonds is 3. The zero-order chi connectivity index (χ0) is 13.8. The van der Waals surface area contributed by atoms with Crippen molar-refractivity contribution in [2.24, 2.45) is 5.41 Å². The summed E-state index contributed by atoms with van der Waals surface area (Å²) in [7, 11) is 1.93. The van der Waals surface area contributed by atoms with Gasteiger partial charge in [0.05, 0.1) is 11.5 Å². The van der Waals surface area contributed by atoms with Crippen LogP contribution >= 0.6 is 24.0 Å². The second kappa shape index (κ2) is 6.17. The maximum absolute atomic E-state index is 9.10. The minimum Gasteiger partial charge on any atom is -0.330 e. The van der Waals surface area contributed by atoms with E-state index in [0.29, 0.717) is 0 Å². The lowest BCUT2D eigenvalue weighted by Gasteiger charge is -2.27. The summed E-state index contributed by atoms with van der Waals surface area (Å²) in [6.07, 6.45) is 3.48. The van der Waals surface area contributed by atoms with Gasteiger partial charge in [0.25, 0.3) is 0 Å². The molecular formula is C13H17N3S2. The molecule has 0 saturated carbocycles. The van der Waals surface area contributed by atoms with Crippen LogP contribution in [0.3, 0.4) is 0 Å². The van der Waals surface area contributed by atoms with E-state index in [1.165, 1.54) is 0 Å². The molecule has 3 nitrogen and oxygen atoms in total. The summed E-state index contributed by atoms with van der Waals surface area (Å²) >= 11 is 6.96. The molecule has 0 aromatic carbocycles. The molecule has 0 fully saturated rings. The van der Waals surface area contributed by atoms with Gasteiger partial charge in [0.1, 0.15) is 4.32 Å². The first kappa shape index (κ1) is 14.9. The van der Waals surface area contributed by atoms with Gasteiger partial charge in [0.15, 0.2) is 0 Å². The third kappa shape index (κ3) is 3.69. The summed E-state index contributed by atoms with van der Waals surface area (Å²) in [5, 5.41) is 9.24. The molecular weight excluding hydrogens is 262 g/mol. The summed E-state index contributed by atoms with van der Waals surface area (Å²) in [5.41, 5.74) is 0.609. The Kier molecular flexibility index (Phi) is 5.12. The van der Waals surface area contributed by atoms with Crippen molar-refractivity contribution in [3.63, 3.8) is 0 Å². The largest absolute Gasteiger partial charge is 0.330 e. The quantitative estimate of drug-likeness (QED) is 0.792. The number of aromatic nitrogens is 1. The zero-order valence-electron chi connectivity index (χ0n) is 11.0. The van der Waals surface area contributed by atoms with Gasteiger partial charge in [0, 0.05) is 30.4 Å². The Hall–Kier alpha value is -1.12. The van der Waals surface area contributed by atoms with Crippen molar-refractivity contribution in [1.29, 1.82) is 5.26 Å². The van der Waals surface area contributed by atoms with E-state index in [4.69, 9.17) is 17.5 Å². The Morgan fingerprint density at radius 2 is 2.06 bits per heavy atom. The number of thioether (sulfide) groups is 1. The van der Waals surface area contributed by atoms with Crippen LogP contribution in [0.2, 0.25) is 0 Å². The van der Waals surface area contributed by atoms with Gasteiger partial charge in [0.2, 0.25) is 0 Å². The van der Waals surface area contributed by atoms with Crippen LogP contribution in [-0.4, -0.2) is 21.6 Å². The number of hydrogen-bond donors (Lipinski definition) is 0. The standard InChI is InChI=1S/C13H17N3S2/c1-10(13(2,3)9-14)18-12(17)16(4)11-5-7-15-8-6-11/h5-8,10H,1-4H3. The molecule has 1 unspecified atom stereocenters. The summed E-state index contributed by atoms with van der Waals surface area (Å²) in [4.78, 5) is 5.92. The Labute approximate surface area is 118 Å². The molecule has 18 heavy (non-hydrogen) atoms. The van der Waals surface area contributed by atoms with Gasteiger partial charge < -0.3 is 4.90 Å². The average Bonchev–Trinajstić information content (AvgIpc) is 2.38. The lowest BCUT2D eigenvalue weighted by atomic mass is 9.92. The first-order chi connectivity index (χ1) is 8.38. The second-order valence-electron chi connectivity index (χ2n) is 4.62. The molecule has 1 aromatic rings. The van der Waals surface area contributed by atoms with Crippen LogP contribution in [0.5, 0.6) is 0 Å². The van der Waals surface area contributed by atoms with E-state index >= 15 is 0 Å². The molecule has 1 atom stereocenters. The summed E-state index contributed by atoms with van der Waals surface area (Å²) in [6, 6.07) is 6.14. The molecule has 96 valence electrons. The second-order valence-corrected chi connectivity index (χ2v) is 6.60. The van der Waals surface area contributed by atoms with E-state index in [-0.39, 0.29) is 5.25 Å². The molecule has 1 heterocycles. The van der Waals surface area contributed by atoms with Crippen molar-refractivity contribution in [3.05, 3.63) is 24.5 Å². The Morgan fingerprint density at radius 3 is 2.56 bits per heavy atom. The summed E-state index contributed by atoms with van der Waals surface area (Å²) in [6.45, 7) is 5.89. The lowest BCUT2D eigenvalue weighted by molar-refractivity contribution is 0.493. The highest BCUT2D eigenvalue weighted by Gasteiger charge is 2.28. The highest BCUT2D eigenvalue weighted by Crippen LogP contribution is 2.32. The highest BCUT2D eigenvalue weighted by molar-refractivity contribution is 8.23. The van der Waals surface area contributed by atoms with E-state index in [0.717, 1.165) is 10.0 Å². The maximum atomic E-state index is 9.10. The van der Waals surface area contributed by atoms with Gasteiger partial charge in [-0.25, -0.2) is 0 Å². The molecule has 1 aromatic heterocycles. The number of thiocarbonyl (C=S) groups is 1. The SMILES string of the molecule is CC(SC(=S)N(C)c1ccncc1)C(C)(C)C#N. The first-order valence-electron chi connectivity index (χ1n) is 5.64. The van der Waals surface area contributed by atoms with Crippen molar-refractivity contribution >= 4 is 34.0 Å². The maximum Gasteiger partial charge on any atom is 0.140 e. The lowest BCUT2D eigenvalue weighted by Crippen LogP contribution is -2.28. The van der Waals surface area contributed by atoms with E-state index in [1.54, 1.807) is 24.2 Å². The Balaban J connectivity index is 2.70. The number of nitriles is 1. The minimum absolute atomic E-state index is 0.138. The first-order valence-corrected chi connectivity index (χ1v) is 6.93. The molecule has 0 aliphatic rings. The molecule has 1 rings (SSSR count). The number of pyridine rings is 1. The van der Waals surface area contributed by atoms with Gasteiger partial charge in [-0.05, 0) is 26.0 Å². The van der Waals surface area contributed by atoms with E-state index in [2.05, 4.69) is 11.1 Å². The van der Waals surface area contributed by atoms with Crippen LogP contribution in [-0.2, 0) is 0 Å². The molecule has 5 heteroatoms. The van der Waals surface area contributed by atoms with Crippen molar-refractivity contribution in [2.75, 3.05) is 11.9 Å². The molecule has 0 bridgehead atoms. The topological polar surface area (TPSA) is 39.9 Å².